The van der Waals surface area contributed by atoms with Crippen molar-refractivity contribution in [2.45, 2.75) is 13.8 Å². The first-order valence-corrected chi connectivity index (χ1v) is 5.63. The zero-order valence-corrected chi connectivity index (χ0v) is 10.2. The van der Waals surface area contributed by atoms with Crippen LogP contribution >= 0.6 is 0 Å². The normalized spacial score (nSPS) is 17.9. The summed E-state index contributed by atoms with van der Waals surface area (Å²) >= 11 is 0. The Kier molecular flexibility index (Phi) is 2.97. The van der Waals surface area contributed by atoms with E-state index in [1.54, 1.807) is 0 Å². The molecule has 1 fully saturated rings. The minimum Gasteiger partial charge on any atom is -0.310 e. The highest BCUT2D eigenvalue weighted by Crippen LogP contribution is 2.20. The Hall–Kier alpha value is -1.35. The average Bonchev–Trinajstić information content (AvgIpc) is 2.15. The van der Waals surface area contributed by atoms with Crippen molar-refractivity contribution in [3.8, 4) is 0 Å². The van der Waals surface area contributed by atoms with Gasteiger partial charge in [0.2, 0.25) is 5.91 Å². The Morgan fingerprint density at radius 1 is 1.06 bits per heavy atom. The van der Waals surface area contributed by atoms with Crippen LogP contribution in [-0.4, -0.2) is 37.5 Å². The van der Waals surface area contributed by atoms with Gasteiger partial charge in [-0.05, 0) is 44.2 Å². The third kappa shape index (κ3) is 2.25. The maximum Gasteiger partial charge on any atom is 0.241 e. The molecule has 2 rings (SSSR count). The van der Waals surface area contributed by atoms with Gasteiger partial charge in [0.05, 0.1) is 6.54 Å². The molecule has 0 N–H and O–H groups in total. The largest absolute Gasteiger partial charge is 0.310 e. The van der Waals surface area contributed by atoms with Crippen LogP contribution in [0.15, 0.2) is 18.2 Å². The van der Waals surface area contributed by atoms with Gasteiger partial charge in [-0.1, -0.05) is 6.07 Å². The summed E-state index contributed by atoms with van der Waals surface area (Å²) in [4.78, 5) is 15.9. The van der Waals surface area contributed by atoms with Crippen LogP contribution < -0.4 is 4.90 Å². The summed E-state index contributed by atoms with van der Waals surface area (Å²) in [5.41, 5.74) is 3.46. The third-order valence-corrected chi connectivity index (χ3v) is 2.93. The molecule has 0 bridgehead atoms. The molecule has 16 heavy (non-hydrogen) atoms. The molecule has 1 heterocycles. The number of nitrogens with zero attached hydrogens (tertiary/aromatic N) is 2. The fraction of sp³-hybridized carbons (Fsp3) is 0.462. The lowest BCUT2D eigenvalue weighted by Gasteiger charge is -2.32. The number of likely N-dealkylation sites (N-methyl/N-ethyl adjacent to an activating group) is 1. The molecule has 1 aromatic rings. The first-order valence-electron chi connectivity index (χ1n) is 5.63. The van der Waals surface area contributed by atoms with E-state index in [2.05, 4.69) is 36.9 Å². The molecule has 3 nitrogen and oxygen atoms in total. The summed E-state index contributed by atoms with van der Waals surface area (Å²) < 4.78 is 0. The Morgan fingerprint density at radius 3 is 2.25 bits per heavy atom. The second kappa shape index (κ2) is 4.26. The Bertz CT molecular complexity index is 394. The van der Waals surface area contributed by atoms with E-state index in [4.69, 9.17) is 0 Å². The second-order valence-corrected chi connectivity index (χ2v) is 4.63. The molecular weight excluding hydrogens is 200 g/mol. The highest BCUT2D eigenvalue weighted by molar-refractivity contribution is 5.95. The van der Waals surface area contributed by atoms with Gasteiger partial charge in [0.15, 0.2) is 0 Å². The van der Waals surface area contributed by atoms with Crippen molar-refractivity contribution in [2.24, 2.45) is 0 Å². The Balaban J connectivity index is 2.26. The zero-order chi connectivity index (χ0) is 11.7. The maximum atomic E-state index is 11.9. The number of piperazine rings is 1. The van der Waals surface area contributed by atoms with Crippen molar-refractivity contribution in [3.63, 3.8) is 0 Å². The number of rotatable bonds is 1. The van der Waals surface area contributed by atoms with Gasteiger partial charge in [0, 0.05) is 18.8 Å². The molecule has 0 radical (unpaired) electrons. The highest BCUT2D eigenvalue weighted by Gasteiger charge is 2.22. The van der Waals surface area contributed by atoms with Crippen molar-refractivity contribution < 1.29 is 4.79 Å². The highest BCUT2D eigenvalue weighted by atomic mass is 16.2. The van der Waals surface area contributed by atoms with Crippen molar-refractivity contribution in [3.05, 3.63) is 29.3 Å². The van der Waals surface area contributed by atoms with Crippen LogP contribution in [0.2, 0.25) is 0 Å². The van der Waals surface area contributed by atoms with Gasteiger partial charge >= 0.3 is 0 Å². The predicted molar refractivity (Wildman–Crippen MR) is 65.8 cm³/mol. The van der Waals surface area contributed by atoms with Crippen LogP contribution in [0.5, 0.6) is 0 Å². The van der Waals surface area contributed by atoms with Crippen LogP contribution in [0.4, 0.5) is 5.69 Å². The van der Waals surface area contributed by atoms with Crippen molar-refractivity contribution >= 4 is 11.6 Å². The summed E-state index contributed by atoms with van der Waals surface area (Å²) in [6.45, 7) is 6.39. The van der Waals surface area contributed by atoms with E-state index in [9.17, 15) is 4.79 Å². The number of hydrogen-bond donors (Lipinski definition) is 0. The van der Waals surface area contributed by atoms with E-state index in [0.717, 1.165) is 18.8 Å². The molecule has 0 aliphatic carbocycles. The van der Waals surface area contributed by atoms with Crippen LogP contribution in [-0.2, 0) is 4.79 Å². The second-order valence-electron chi connectivity index (χ2n) is 4.63. The lowest BCUT2D eigenvalue weighted by molar-refractivity contribution is -0.120. The molecule has 1 aliphatic rings. The van der Waals surface area contributed by atoms with Crippen LogP contribution in [0.3, 0.4) is 0 Å². The van der Waals surface area contributed by atoms with Crippen molar-refractivity contribution in [1.29, 1.82) is 0 Å². The standard InChI is InChI=1S/C13H18N2O/c1-10-6-11(2)8-12(7-10)15-5-4-14(3)9-13(15)16/h6-8H,4-5,9H2,1-3H3. The molecule has 0 spiro atoms. The molecule has 3 heteroatoms. The average molecular weight is 218 g/mol. The fourth-order valence-electron chi connectivity index (χ4n) is 2.17. The summed E-state index contributed by atoms with van der Waals surface area (Å²) in [7, 11) is 1.98. The monoisotopic (exact) mass is 218 g/mol. The lowest BCUT2D eigenvalue weighted by atomic mass is 10.1. The number of carbonyl (C=O) groups excluding carboxylic acids is 1. The van der Waals surface area contributed by atoms with E-state index in [-0.39, 0.29) is 5.91 Å². The molecule has 86 valence electrons. The molecule has 0 unspecified atom stereocenters. The van der Waals surface area contributed by atoms with Crippen LogP contribution in [0.25, 0.3) is 0 Å². The zero-order valence-electron chi connectivity index (χ0n) is 10.2. The molecule has 0 atom stereocenters. The molecule has 1 saturated heterocycles. The summed E-state index contributed by atoms with van der Waals surface area (Å²) in [5, 5.41) is 0. The van der Waals surface area contributed by atoms with E-state index in [0.29, 0.717) is 6.54 Å². The van der Waals surface area contributed by atoms with Gasteiger partial charge < -0.3 is 4.90 Å². The Labute approximate surface area is 96.7 Å². The maximum absolute atomic E-state index is 11.9. The summed E-state index contributed by atoms with van der Waals surface area (Å²) in [6.07, 6.45) is 0. The molecule has 0 aromatic heterocycles. The lowest BCUT2D eigenvalue weighted by Crippen LogP contribution is -2.48. The molecule has 1 aliphatic heterocycles. The number of benzene rings is 1. The van der Waals surface area contributed by atoms with E-state index < -0.39 is 0 Å². The van der Waals surface area contributed by atoms with Crippen molar-refractivity contribution in [2.75, 3.05) is 31.6 Å². The minimum absolute atomic E-state index is 0.193. The smallest absolute Gasteiger partial charge is 0.241 e. The number of aryl methyl sites for hydroxylation is 2. The summed E-state index contributed by atoms with van der Waals surface area (Å²) in [5.74, 6) is 0.193. The van der Waals surface area contributed by atoms with Gasteiger partial charge in [-0.25, -0.2) is 0 Å². The quantitative estimate of drug-likeness (QED) is 0.714. The van der Waals surface area contributed by atoms with Gasteiger partial charge in [-0.2, -0.15) is 0 Å². The molecular formula is C13H18N2O. The van der Waals surface area contributed by atoms with Crippen molar-refractivity contribution in [1.82, 2.24) is 4.90 Å². The van der Waals surface area contributed by atoms with E-state index in [1.807, 2.05) is 11.9 Å². The molecule has 1 amide bonds. The molecule has 0 saturated carbocycles. The number of amides is 1. The Morgan fingerprint density at radius 2 is 1.69 bits per heavy atom. The third-order valence-electron chi connectivity index (χ3n) is 2.93. The number of anilines is 1. The number of hydrogen-bond acceptors (Lipinski definition) is 2. The molecule has 1 aromatic carbocycles. The van der Waals surface area contributed by atoms with Gasteiger partial charge in [0.1, 0.15) is 0 Å². The minimum atomic E-state index is 0.193. The fourth-order valence-corrected chi connectivity index (χ4v) is 2.17. The predicted octanol–water partition coefficient (Wildman–Crippen LogP) is 1.58. The first kappa shape index (κ1) is 11.1. The van der Waals surface area contributed by atoms with Gasteiger partial charge in [-0.3, -0.25) is 9.69 Å². The first-order chi connectivity index (χ1) is 7.56. The summed E-state index contributed by atoms with van der Waals surface area (Å²) in [6, 6.07) is 6.29. The van der Waals surface area contributed by atoms with E-state index >= 15 is 0 Å². The van der Waals surface area contributed by atoms with E-state index in [1.165, 1.54) is 11.1 Å². The van der Waals surface area contributed by atoms with Gasteiger partial charge in [0.25, 0.3) is 0 Å². The van der Waals surface area contributed by atoms with Crippen LogP contribution in [0.1, 0.15) is 11.1 Å². The van der Waals surface area contributed by atoms with Gasteiger partial charge in [-0.15, -0.1) is 0 Å². The van der Waals surface area contributed by atoms with Crippen LogP contribution in [0, 0.1) is 13.8 Å². The topological polar surface area (TPSA) is 23.6 Å². The number of carbonyl (C=O) groups is 1. The SMILES string of the molecule is Cc1cc(C)cc(N2CCN(C)CC2=O)c1.